The van der Waals surface area contributed by atoms with Gasteiger partial charge in [-0.05, 0) is 25.1 Å². The van der Waals surface area contributed by atoms with Crippen LogP contribution in [0.4, 0.5) is 19.3 Å². The molecule has 0 aliphatic carbocycles. The zero-order valence-corrected chi connectivity index (χ0v) is 14.6. The summed E-state index contributed by atoms with van der Waals surface area (Å²) in [6.07, 6.45) is 0. The largest absolute Gasteiger partial charge is 0.496 e. The summed E-state index contributed by atoms with van der Waals surface area (Å²) in [6.45, 7) is 1.58. The first kappa shape index (κ1) is 18.4. The van der Waals surface area contributed by atoms with E-state index >= 15 is 0 Å². The molecule has 0 unspecified atom stereocenters. The smallest absolute Gasteiger partial charge is 0.319 e. The molecule has 8 heteroatoms. The summed E-state index contributed by atoms with van der Waals surface area (Å²) in [7, 11) is 1.49. The van der Waals surface area contributed by atoms with Gasteiger partial charge < -0.3 is 20.7 Å². The Morgan fingerprint density at radius 3 is 2.59 bits per heavy atom. The maximum atomic E-state index is 13.4. The Labute approximate surface area is 154 Å². The van der Waals surface area contributed by atoms with Crippen LogP contribution in [-0.2, 0) is 4.79 Å². The fraction of sp³-hybridized carbons (Fsp3) is 0.158. The van der Waals surface area contributed by atoms with E-state index in [4.69, 9.17) is 4.74 Å². The highest BCUT2D eigenvalue weighted by molar-refractivity contribution is 6.06. The summed E-state index contributed by atoms with van der Waals surface area (Å²) in [5, 5.41) is 7.77. The molecule has 0 aromatic heterocycles. The van der Waals surface area contributed by atoms with Crippen molar-refractivity contribution >= 4 is 17.6 Å². The van der Waals surface area contributed by atoms with Crippen molar-refractivity contribution in [3.63, 3.8) is 0 Å². The Bertz CT molecular complexity index is 944. The number of hydrogen-bond donors (Lipinski definition) is 3. The molecule has 0 saturated heterocycles. The third-order valence-corrected chi connectivity index (χ3v) is 4.14. The van der Waals surface area contributed by atoms with Gasteiger partial charge in [0, 0.05) is 23.0 Å². The SMILES string of the molecule is COc1ccccc1[C@@H]1NC(=O)NC(C)=C1C(=O)Nc1ccc(F)c(F)c1. The molecular formula is C19H17F2N3O3. The van der Waals surface area contributed by atoms with Gasteiger partial charge in [-0.2, -0.15) is 0 Å². The van der Waals surface area contributed by atoms with E-state index in [1.165, 1.54) is 13.2 Å². The van der Waals surface area contributed by atoms with Crippen LogP contribution in [0.2, 0.25) is 0 Å². The van der Waals surface area contributed by atoms with Crippen LogP contribution in [0.3, 0.4) is 0 Å². The predicted molar refractivity (Wildman–Crippen MR) is 95.1 cm³/mol. The van der Waals surface area contributed by atoms with Crippen LogP contribution >= 0.6 is 0 Å². The van der Waals surface area contributed by atoms with Crippen LogP contribution in [0.5, 0.6) is 5.75 Å². The van der Waals surface area contributed by atoms with E-state index in [1.54, 1.807) is 31.2 Å². The lowest BCUT2D eigenvalue weighted by Gasteiger charge is -2.29. The zero-order valence-electron chi connectivity index (χ0n) is 14.6. The van der Waals surface area contributed by atoms with E-state index in [1.807, 2.05) is 0 Å². The normalized spacial score (nSPS) is 16.4. The van der Waals surface area contributed by atoms with Crippen molar-refractivity contribution in [1.29, 1.82) is 0 Å². The number of urea groups is 1. The van der Waals surface area contributed by atoms with Crippen LogP contribution in [0, 0.1) is 11.6 Å². The Kier molecular flexibility index (Phi) is 5.07. The van der Waals surface area contributed by atoms with Gasteiger partial charge in [0.25, 0.3) is 5.91 Å². The number of nitrogens with one attached hydrogen (secondary N) is 3. The van der Waals surface area contributed by atoms with Crippen LogP contribution in [-0.4, -0.2) is 19.0 Å². The van der Waals surface area contributed by atoms with E-state index in [0.29, 0.717) is 17.0 Å². The third-order valence-electron chi connectivity index (χ3n) is 4.14. The van der Waals surface area contributed by atoms with Gasteiger partial charge >= 0.3 is 6.03 Å². The number of ether oxygens (including phenoxy) is 1. The Balaban J connectivity index is 1.98. The lowest BCUT2D eigenvalue weighted by Crippen LogP contribution is -2.46. The van der Waals surface area contributed by atoms with Gasteiger partial charge in [0.2, 0.25) is 0 Å². The molecule has 3 amide bonds. The highest BCUT2D eigenvalue weighted by Gasteiger charge is 2.32. The topological polar surface area (TPSA) is 79.5 Å². The third kappa shape index (κ3) is 3.74. The molecule has 2 aromatic carbocycles. The molecule has 1 aliphatic heterocycles. The molecule has 1 aliphatic rings. The number of methoxy groups -OCH3 is 1. The Morgan fingerprint density at radius 2 is 1.89 bits per heavy atom. The van der Waals surface area contributed by atoms with Crippen molar-refractivity contribution in [2.24, 2.45) is 0 Å². The minimum atomic E-state index is -1.07. The van der Waals surface area contributed by atoms with E-state index < -0.39 is 29.6 Å². The monoisotopic (exact) mass is 373 g/mol. The number of hydrogen-bond acceptors (Lipinski definition) is 3. The van der Waals surface area contributed by atoms with Gasteiger partial charge in [0.1, 0.15) is 5.75 Å². The lowest BCUT2D eigenvalue weighted by atomic mass is 9.94. The molecule has 0 bridgehead atoms. The van der Waals surface area contributed by atoms with Crippen LogP contribution < -0.4 is 20.7 Å². The van der Waals surface area contributed by atoms with Gasteiger partial charge in [-0.1, -0.05) is 18.2 Å². The molecule has 0 saturated carbocycles. The molecule has 0 fully saturated rings. The molecule has 1 heterocycles. The van der Waals surface area contributed by atoms with Gasteiger partial charge in [-0.15, -0.1) is 0 Å². The first-order valence-electron chi connectivity index (χ1n) is 8.08. The number of benzene rings is 2. The summed E-state index contributed by atoms with van der Waals surface area (Å²) in [4.78, 5) is 24.8. The molecule has 3 N–H and O–H groups in total. The number of anilines is 1. The average molecular weight is 373 g/mol. The van der Waals surface area contributed by atoms with Crippen LogP contribution in [0.25, 0.3) is 0 Å². The van der Waals surface area contributed by atoms with Crippen LogP contribution in [0.15, 0.2) is 53.7 Å². The van der Waals surface area contributed by atoms with Crippen molar-refractivity contribution in [2.45, 2.75) is 13.0 Å². The van der Waals surface area contributed by atoms with Crippen LogP contribution in [0.1, 0.15) is 18.5 Å². The number of carbonyl (C=O) groups excluding carboxylic acids is 2. The molecule has 27 heavy (non-hydrogen) atoms. The van der Waals surface area contributed by atoms with Gasteiger partial charge in [-0.25, -0.2) is 13.6 Å². The van der Waals surface area contributed by atoms with E-state index in [-0.39, 0.29) is 11.3 Å². The summed E-state index contributed by atoms with van der Waals surface area (Å²) in [5.74, 6) is -2.16. The first-order valence-corrected chi connectivity index (χ1v) is 8.08. The molecule has 0 radical (unpaired) electrons. The van der Waals surface area contributed by atoms with Gasteiger partial charge in [-0.3, -0.25) is 4.79 Å². The Hall–Kier alpha value is -3.42. The molecule has 3 rings (SSSR count). The summed E-state index contributed by atoms with van der Waals surface area (Å²) in [5.41, 5.74) is 1.25. The maximum absolute atomic E-state index is 13.4. The maximum Gasteiger partial charge on any atom is 0.319 e. The van der Waals surface area contributed by atoms with Crippen molar-refractivity contribution in [1.82, 2.24) is 10.6 Å². The number of amides is 3. The molecular weight excluding hydrogens is 356 g/mol. The summed E-state index contributed by atoms with van der Waals surface area (Å²) in [6, 6.07) is 8.78. The second-order valence-corrected chi connectivity index (χ2v) is 5.90. The minimum Gasteiger partial charge on any atom is -0.496 e. The fourth-order valence-corrected chi connectivity index (χ4v) is 2.91. The number of rotatable bonds is 4. The number of halogens is 2. The number of carbonyl (C=O) groups is 2. The molecule has 1 atom stereocenters. The highest BCUT2D eigenvalue weighted by Crippen LogP contribution is 2.33. The molecule has 0 spiro atoms. The van der Waals surface area contributed by atoms with Crippen molar-refractivity contribution in [3.8, 4) is 5.75 Å². The highest BCUT2D eigenvalue weighted by atomic mass is 19.2. The standard InChI is InChI=1S/C19H17F2N3O3/c1-10-16(18(25)23-11-7-8-13(20)14(21)9-11)17(24-19(26)22-10)12-5-3-4-6-15(12)27-2/h3-9,17H,1-2H3,(H,23,25)(H2,22,24,26)/t17-/m0/s1. The van der Waals surface area contributed by atoms with E-state index in [0.717, 1.165) is 12.1 Å². The van der Waals surface area contributed by atoms with Gasteiger partial charge in [0.05, 0.1) is 18.7 Å². The quantitative estimate of drug-likeness (QED) is 0.770. The lowest BCUT2D eigenvalue weighted by molar-refractivity contribution is -0.113. The fourth-order valence-electron chi connectivity index (χ4n) is 2.91. The summed E-state index contributed by atoms with van der Waals surface area (Å²) < 4.78 is 31.8. The second kappa shape index (κ2) is 7.45. The first-order chi connectivity index (χ1) is 12.9. The van der Waals surface area contributed by atoms with E-state index in [2.05, 4.69) is 16.0 Å². The molecule has 2 aromatic rings. The van der Waals surface area contributed by atoms with Crippen molar-refractivity contribution in [3.05, 3.63) is 70.9 Å². The average Bonchev–Trinajstić information content (AvgIpc) is 2.64. The summed E-state index contributed by atoms with van der Waals surface area (Å²) >= 11 is 0. The van der Waals surface area contributed by atoms with E-state index in [9.17, 15) is 18.4 Å². The number of para-hydroxylation sites is 1. The minimum absolute atomic E-state index is 0.0925. The Morgan fingerprint density at radius 1 is 1.15 bits per heavy atom. The zero-order chi connectivity index (χ0) is 19.6. The number of allylic oxidation sites excluding steroid dienone is 1. The second-order valence-electron chi connectivity index (χ2n) is 5.90. The molecule has 6 nitrogen and oxygen atoms in total. The van der Waals surface area contributed by atoms with Gasteiger partial charge in [0.15, 0.2) is 11.6 Å². The predicted octanol–water partition coefficient (Wildman–Crippen LogP) is 3.24. The van der Waals surface area contributed by atoms with Crippen molar-refractivity contribution < 1.29 is 23.1 Å². The van der Waals surface area contributed by atoms with Crippen molar-refractivity contribution in [2.75, 3.05) is 12.4 Å². The molecule has 140 valence electrons.